The van der Waals surface area contributed by atoms with Gasteiger partial charge in [0.05, 0.1) is 5.69 Å². The minimum Gasteiger partial charge on any atom is -0.348 e. The molecule has 5 heteroatoms. The average Bonchev–Trinajstić information content (AvgIpc) is 3.26. The Labute approximate surface area is 151 Å². The lowest BCUT2D eigenvalue weighted by Crippen LogP contribution is -2.39. The van der Waals surface area contributed by atoms with Gasteiger partial charge in [-0.05, 0) is 67.2 Å². The number of nitrogens with one attached hydrogen (secondary N) is 1. The molecule has 0 radical (unpaired) electrons. The number of fused-ring (bicyclic) bond motifs is 1. The maximum absolute atomic E-state index is 13.1. The van der Waals surface area contributed by atoms with Crippen LogP contribution < -0.4 is 10.9 Å². The highest BCUT2D eigenvalue weighted by atomic mass is 32.2. The average molecular weight is 354 g/mol. The van der Waals surface area contributed by atoms with Crippen LogP contribution in [0.2, 0.25) is 0 Å². The van der Waals surface area contributed by atoms with Gasteiger partial charge in [0.15, 0.2) is 0 Å². The number of aromatic nitrogens is 1. The zero-order valence-corrected chi connectivity index (χ0v) is 15.2. The Kier molecular flexibility index (Phi) is 4.42. The lowest BCUT2D eigenvalue weighted by Gasteiger charge is -2.16. The third-order valence-corrected chi connectivity index (χ3v) is 6.34. The maximum Gasteiger partial charge on any atom is 0.268 e. The van der Waals surface area contributed by atoms with Crippen LogP contribution in [-0.2, 0) is 12.8 Å². The standard InChI is InChI=1S/C20H22N2O2S/c1-13-8-10-22(17-7-3-5-14-4-2-6-16(14)17)20(24)18(13)19(23)21-15-9-11-25-12-15/h3,5,7-8,10,15H,2,4,6,9,11-12H2,1H3,(H,21,23). The summed E-state index contributed by atoms with van der Waals surface area (Å²) < 4.78 is 1.65. The van der Waals surface area contributed by atoms with Gasteiger partial charge in [0.25, 0.3) is 11.5 Å². The smallest absolute Gasteiger partial charge is 0.268 e. The lowest BCUT2D eigenvalue weighted by molar-refractivity contribution is 0.0938. The van der Waals surface area contributed by atoms with Crippen molar-refractivity contribution in [2.45, 2.75) is 38.6 Å². The summed E-state index contributed by atoms with van der Waals surface area (Å²) in [4.78, 5) is 25.8. The number of amides is 1. The van der Waals surface area contributed by atoms with E-state index in [1.165, 1.54) is 11.1 Å². The molecule has 2 aromatic rings. The first-order valence-corrected chi connectivity index (χ1v) is 10.0. The number of pyridine rings is 1. The van der Waals surface area contributed by atoms with Crippen molar-refractivity contribution >= 4 is 17.7 Å². The molecule has 1 aromatic carbocycles. The number of carbonyl (C=O) groups excluding carboxylic acids is 1. The Morgan fingerprint density at radius 2 is 2.16 bits per heavy atom. The number of nitrogens with zero attached hydrogens (tertiary/aromatic N) is 1. The van der Waals surface area contributed by atoms with Gasteiger partial charge in [-0.3, -0.25) is 14.2 Å². The molecule has 2 heterocycles. The van der Waals surface area contributed by atoms with Gasteiger partial charge in [-0.15, -0.1) is 0 Å². The molecule has 0 spiro atoms. The highest BCUT2D eigenvalue weighted by Crippen LogP contribution is 2.27. The van der Waals surface area contributed by atoms with Gasteiger partial charge in [0, 0.05) is 18.0 Å². The molecule has 1 unspecified atom stereocenters. The molecule has 1 amide bonds. The Morgan fingerprint density at radius 3 is 2.96 bits per heavy atom. The first kappa shape index (κ1) is 16.5. The number of aryl methyl sites for hydroxylation is 2. The van der Waals surface area contributed by atoms with Crippen LogP contribution in [-0.4, -0.2) is 28.0 Å². The summed E-state index contributed by atoms with van der Waals surface area (Å²) in [7, 11) is 0. The third-order valence-electron chi connectivity index (χ3n) is 5.17. The van der Waals surface area contributed by atoms with E-state index in [4.69, 9.17) is 0 Å². The molecule has 1 aromatic heterocycles. The molecule has 1 saturated heterocycles. The van der Waals surface area contributed by atoms with Gasteiger partial charge in [0.2, 0.25) is 0 Å². The summed E-state index contributed by atoms with van der Waals surface area (Å²) in [5.74, 6) is 1.76. The molecule has 1 aliphatic heterocycles. The molecule has 1 N–H and O–H groups in total. The number of rotatable bonds is 3. The maximum atomic E-state index is 13.1. The predicted molar refractivity (Wildman–Crippen MR) is 102 cm³/mol. The summed E-state index contributed by atoms with van der Waals surface area (Å²) in [5.41, 5.74) is 4.27. The first-order chi connectivity index (χ1) is 12.1. The van der Waals surface area contributed by atoms with Crippen molar-refractivity contribution < 1.29 is 4.79 Å². The molecule has 4 nitrogen and oxygen atoms in total. The van der Waals surface area contributed by atoms with E-state index in [9.17, 15) is 9.59 Å². The number of hydrogen-bond acceptors (Lipinski definition) is 3. The van der Waals surface area contributed by atoms with Crippen molar-refractivity contribution in [1.29, 1.82) is 0 Å². The fourth-order valence-corrected chi connectivity index (χ4v) is 4.98. The van der Waals surface area contributed by atoms with Crippen LogP contribution in [0.15, 0.2) is 35.3 Å². The van der Waals surface area contributed by atoms with Crippen molar-refractivity contribution in [2.24, 2.45) is 0 Å². The lowest BCUT2D eigenvalue weighted by atomic mass is 10.1. The van der Waals surface area contributed by atoms with Crippen molar-refractivity contribution in [2.75, 3.05) is 11.5 Å². The third kappa shape index (κ3) is 3.01. The fourth-order valence-electron chi connectivity index (χ4n) is 3.82. The molecule has 2 aliphatic rings. The highest BCUT2D eigenvalue weighted by molar-refractivity contribution is 7.99. The molecule has 1 aliphatic carbocycles. The van der Waals surface area contributed by atoms with Crippen LogP contribution in [0.3, 0.4) is 0 Å². The van der Waals surface area contributed by atoms with Crippen LogP contribution in [0.4, 0.5) is 0 Å². The molecule has 130 valence electrons. The summed E-state index contributed by atoms with van der Waals surface area (Å²) in [6.07, 6.45) is 5.96. The van der Waals surface area contributed by atoms with E-state index >= 15 is 0 Å². The molecular formula is C20H22N2O2S. The van der Waals surface area contributed by atoms with E-state index < -0.39 is 0 Å². The quantitative estimate of drug-likeness (QED) is 0.922. The van der Waals surface area contributed by atoms with E-state index in [0.29, 0.717) is 0 Å². The normalized spacial score (nSPS) is 19.0. The first-order valence-electron chi connectivity index (χ1n) is 8.87. The molecule has 0 saturated carbocycles. The Hall–Kier alpha value is -2.01. The summed E-state index contributed by atoms with van der Waals surface area (Å²) in [6.45, 7) is 1.83. The van der Waals surface area contributed by atoms with Crippen LogP contribution in [0.5, 0.6) is 0 Å². The Balaban J connectivity index is 1.75. The number of thioether (sulfide) groups is 1. The van der Waals surface area contributed by atoms with Gasteiger partial charge in [-0.1, -0.05) is 12.1 Å². The zero-order valence-electron chi connectivity index (χ0n) is 14.4. The van der Waals surface area contributed by atoms with Gasteiger partial charge < -0.3 is 5.32 Å². The van der Waals surface area contributed by atoms with E-state index in [0.717, 1.165) is 48.4 Å². The second kappa shape index (κ2) is 6.71. The molecule has 0 bridgehead atoms. The van der Waals surface area contributed by atoms with Gasteiger partial charge in [-0.25, -0.2) is 0 Å². The van der Waals surface area contributed by atoms with Crippen molar-refractivity contribution in [3.05, 3.63) is 63.1 Å². The summed E-state index contributed by atoms with van der Waals surface area (Å²) in [5, 5.41) is 3.03. The summed E-state index contributed by atoms with van der Waals surface area (Å²) >= 11 is 1.84. The van der Waals surface area contributed by atoms with E-state index in [-0.39, 0.29) is 23.1 Å². The number of hydrogen-bond donors (Lipinski definition) is 1. The SMILES string of the molecule is Cc1ccn(-c2cccc3c2CCC3)c(=O)c1C(=O)NC1CCSC1. The molecule has 1 atom stereocenters. The van der Waals surface area contributed by atoms with E-state index in [2.05, 4.69) is 11.4 Å². The van der Waals surface area contributed by atoms with Crippen molar-refractivity contribution in [1.82, 2.24) is 9.88 Å². The van der Waals surface area contributed by atoms with Crippen LogP contribution >= 0.6 is 11.8 Å². The van der Waals surface area contributed by atoms with Crippen molar-refractivity contribution in [3.8, 4) is 5.69 Å². The number of carbonyl (C=O) groups is 1. The monoisotopic (exact) mass is 354 g/mol. The predicted octanol–water partition coefficient (Wildman–Crippen LogP) is 2.87. The largest absolute Gasteiger partial charge is 0.348 e. The fraction of sp³-hybridized carbons (Fsp3) is 0.400. The minimum atomic E-state index is -0.239. The van der Waals surface area contributed by atoms with Gasteiger partial charge in [0.1, 0.15) is 5.56 Å². The molecule has 1 fully saturated rings. The van der Waals surface area contributed by atoms with E-state index in [1.807, 2.05) is 36.9 Å². The highest BCUT2D eigenvalue weighted by Gasteiger charge is 2.23. The van der Waals surface area contributed by atoms with Crippen LogP contribution in [0, 0.1) is 6.92 Å². The summed E-state index contributed by atoms with van der Waals surface area (Å²) in [6, 6.07) is 8.16. The second-order valence-corrected chi connectivity index (χ2v) is 8.00. The molecule has 4 rings (SSSR count). The van der Waals surface area contributed by atoms with E-state index in [1.54, 1.807) is 10.8 Å². The number of benzene rings is 1. The van der Waals surface area contributed by atoms with Crippen LogP contribution in [0.25, 0.3) is 5.69 Å². The minimum absolute atomic E-state index is 0.172. The Morgan fingerprint density at radius 1 is 1.28 bits per heavy atom. The topological polar surface area (TPSA) is 51.1 Å². The molecular weight excluding hydrogens is 332 g/mol. The van der Waals surface area contributed by atoms with Gasteiger partial charge in [-0.2, -0.15) is 11.8 Å². The van der Waals surface area contributed by atoms with Crippen molar-refractivity contribution in [3.63, 3.8) is 0 Å². The second-order valence-electron chi connectivity index (χ2n) is 6.85. The molecule has 25 heavy (non-hydrogen) atoms. The zero-order chi connectivity index (χ0) is 17.4. The van der Waals surface area contributed by atoms with Gasteiger partial charge >= 0.3 is 0 Å². The van der Waals surface area contributed by atoms with Crippen LogP contribution in [0.1, 0.15) is 39.9 Å². The Bertz CT molecular complexity index is 882.